The Balaban J connectivity index is 1.52. The monoisotopic (exact) mass is 457 g/mol. The molecule has 5 rings (SSSR count). The summed E-state index contributed by atoms with van der Waals surface area (Å²) in [5.41, 5.74) is 2.30. The SMILES string of the molecule is O=c1n(Cc2ccc(-c3nnc(C(F)F)o3)cn2)c2cc(F)ccc2n1C1=CCSC=C1. The number of rotatable bonds is 5. The molecule has 0 amide bonds. The molecule has 0 aliphatic carbocycles. The van der Waals surface area contributed by atoms with E-state index >= 15 is 0 Å². The van der Waals surface area contributed by atoms with E-state index in [9.17, 15) is 18.0 Å². The smallest absolute Gasteiger partial charge is 0.334 e. The van der Waals surface area contributed by atoms with Crippen LogP contribution in [-0.2, 0) is 6.54 Å². The number of nitrogens with zero attached hydrogens (tertiary/aromatic N) is 5. The van der Waals surface area contributed by atoms with Gasteiger partial charge >= 0.3 is 12.1 Å². The summed E-state index contributed by atoms with van der Waals surface area (Å²) < 4.78 is 47.2. The highest BCUT2D eigenvalue weighted by atomic mass is 32.2. The summed E-state index contributed by atoms with van der Waals surface area (Å²) in [5.74, 6) is -0.571. The second-order valence-electron chi connectivity index (χ2n) is 6.89. The van der Waals surface area contributed by atoms with Gasteiger partial charge in [0.15, 0.2) is 0 Å². The summed E-state index contributed by atoms with van der Waals surface area (Å²) in [6.07, 6.45) is 2.31. The third kappa shape index (κ3) is 3.64. The number of aromatic nitrogens is 5. The fraction of sp³-hybridized carbons (Fsp3) is 0.143. The molecular formula is C21H14F3N5O2S. The number of imidazole rings is 1. The third-order valence-corrected chi connectivity index (χ3v) is 5.58. The fourth-order valence-electron chi connectivity index (χ4n) is 3.42. The maximum absolute atomic E-state index is 14.0. The predicted molar refractivity (Wildman–Crippen MR) is 114 cm³/mol. The molecular weight excluding hydrogens is 443 g/mol. The third-order valence-electron chi connectivity index (χ3n) is 4.89. The normalized spacial score (nSPS) is 13.8. The molecule has 0 spiro atoms. The molecule has 32 heavy (non-hydrogen) atoms. The van der Waals surface area contributed by atoms with E-state index < -0.39 is 18.1 Å². The first kappa shape index (κ1) is 20.3. The first-order chi connectivity index (χ1) is 15.5. The van der Waals surface area contributed by atoms with Crippen molar-refractivity contribution in [3.05, 3.63) is 82.0 Å². The molecule has 0 unspecified atom stereocenters. The molecule has 0 atom stereocenters. The van der Waals surface area contributed by atoms with Crippen LogP contribution in [0.1, 0.15) is 18.0 Å². The van der Waals surface area contributed by atoms with Crippen molar-refractivity contribution in [1.82, 2.24) is 24.3 Å². The quantitative estimate of drug-likeness (QED) is 0.440. The second-order valence-corrected chi connectivity index (χ2v) is 7.83. The molecule has 4 aromatic rings. The fourth-order valence-corrected chi connectivity index (χ4v) is 4.03. The van der Waals surface area contributed by atoms with E-state index in [1.54, 1.807) is 34.5 Å². The topological polar surface area (TPSA) is 78.7 Å². The van der Waals surface area contributed by atoms with Crippen molar-refractivity contribution in [3.63, 3.8) is 0 Å². The summed E-state index contributed by atoms with van der Waals surface area (Å²) in [5, 5.41) is 8.79. The Morgan fingerprint density at radius 1 is 1.16 bits per heavy atom. The van der Waals surface area contributed by atoms with E-state index in [0.717, 1.165) is 11.4 Å². The maximum atomic E-state index is 14.0. The molecule has 0 saturated carbocycles. The van der Waals surface area contributed by atoms with Crippen LogP contribution in [0.5, 0.6) is 0 Å². The predicted octanol–water partition coefficient (Wildman–Crippen LogP) is 4.47. The van der Waals surface area contributed by atoms with Crippen LogP contribution in [0.3, 0.4) is 0 Å². The van der Waals surface area contributed by atoms with Crippen LogP contribution in [0.15, 0.2) is 63.3 Å². The van der Waals surface area contributed by atoms with E-state index in [-0.39, 0.29) is 18.1 Å². The Labute approximate surface area is 182 Å². The van der Waals surface area contributed by atoms with Gasteiger partial charge in [0.1, 0.15) is 5.82 Å². The van der Waals surface area contributed by atoms with Gasteiger partial charge in [0, 0.05) is 17.6 Å². The highest BCUT2D eigenvalue weighted by Gasteiger charge is 2.19. The summed E-state index contributed by atoms with van der Waals surface area (Å²) >= 11 is 1.61. The number of pyridine rings is 1. The van der Waals surface area contributed by atoms with Gasteiger partial charge in [-0.1, -0.05) is 0 Å². The van der Waals surface area contributed by atoms with Gasteiger partial charge < -0.3 is 4.42 Å². The average molecular weight is 457 g/mol. The molecule has 0 bridgehead atoms. The molecule has 1 aliphatic rings. The zero-order valence-corrected chi connectivity index (χ0v) is 17.1. The number of hydrogen-bond acceptors (Lipinski definition) is 6. The lowest BCUT2D eigenvalue weighted by Gasteiger charge is -2.07. The number of alkyl halides is 2. The number of allylic oxidation sites excluding steroid dienone is 2. The Hall–Kier alpha value is -3.60. The summed E-state index contributed by atoms with van der Waals surface area (Å²) in [7, 11) is 0. The lowest BCUT2D eigenvalue weighted by Crippen LogP contribution is -2.24. The minimum Gasteiger partial charge on any atom is -0.415 e. The van der Waals surface area contributed by atoms with Crippen LogP contribution < -0.4 is 5.69 Å². The van der Waals surface area contributed by atoms with Crippen LogP contribution >= 0.6 is 11.8 Å². The maximum Gasteiger partial charge on any atom is 0.334 e. The highest BCUT2D eigenvalue weighted by molar-refractivity contribution is 8.02. The van der Waals surface area contributed by atoms with Crippen molar-refractivity contribution >= 4 is 28.5 Å². The van der Waals surface area contributed by atoms with Gasteiger partial charge in [-0.05, 0) is 47.9 Å². The molecule has 162 valence electrons. The van der Waals surface area contributed by atoms with Gasteiger partial charge in [-0.15, -0.1) is 22.0 Å². The van der Waals surface area contributed by atoms with E-state index in [1.807, 2.05) is 17.6 Å². The number of fused-ring (bicyclic) bond motifs is 1. The van der Waals surface area contributed by atoms with Crippen LogP contribution in [0.4, 0.5) is 13.2 Å². The number of benzene rings is 1. The minimum atomic E-state index is -2.86. The van der Waals surface area contributed by atoms with Crippen LogP contribution in [0.2, 0.25) is 0 Å². The molecule has 11 heteroatoms. The van der Waals surface area contributed by atoms with Gasteiger partial charge in [0.2, 0.25) is 5.89 Å². The first-order valence-electron chi connectivity index (χ1n) is 9.47. The molecule has 0 radical (unpaired) electrons. The van der Waals surface area contributed by atoms with Gasteiger partial charge in [0.25, 0.3) is 5.89 Å². The van der Waals surface area contributed by atoms with Crippen molar-refractivity contribution in [2.45, 2.75) is 13.0 Å². The first-order valence-corrected chi connectivity index (χ1v) is 10.5. The van der Waals surface area contributed by atoms with Gasteiger partial charge in [-0.3, -0.25) is 14.1 Å². The van der Waals surface area contributed by atoms with E-state index in [2.05, 4.69) is 15.2 Å². The molecule has 0 N–H and O–H groups in total. The summed E-state index contributed by atoms with van der Waals surface area (Å²) in [4.78, 5) is 17.5. The molecule has 3 aromatic heterocycles. The Morgan fingerprint density at radius 2 is 2.03 bits per heavy atom. The Morgan fingerprint density at radius 3 is 2.72 bits per heavy atom. The van der Waals surface area contributed by atoms with Crippen LogP contribution in [0.25, 0.3) is 28.2 Å². The number of halogens is 3. The molecule has 7 nitrogen and oxygen atoms in total. The van der Waals surface area contributed by atoms with Crippen molar-refractivity contribution in [1.29, 1.82) is 0 Å². The standard InChI is InChI=1S/C21H14F3N5O2S/c22-13-2-4-16-17(9-13)28(21(30)29(16)15-5-7-32-8-6-15)11-14-3-1-12(10-25-14)19-26-27-20(31-19)18(23)24/h1-7,9-10,18H,8,11H2. The second kappa shape index (κ2) is 8.15. The van der Waals surface area contributed by atoms with E-state index in [0.29, 0.717) is 22.3 Å². The summed E-state index contributed by atoms with van der Waals surface area (Å²) in [6.45, 7) is 0.0872. The molecule has 1 aliphatic heterocycles. The molecule has 4 heterocycles. The molecule has 0 fully saturated rings. The number of hydrogen-bond donors (Lipinski definition) is 0. The lowest BCUT2D eigenvalue weighted by molar-refractivity contribution is 0.116. The molecule has 1 aromatic carbocycles. The van der Waals surface area contributed by atoms with Crippen molar-refractivity contribution in [2.75, 3.05) is 5.75 Å². The average Bonchev–Trinajstić information content (AvgIpc) is 3.39. The van der Waals surface area contributed by atoms with E-state index in [4.69, 9.17) is 4.42 Å². The minimum absolute atomic E-state index is 0.0796. The Bertz CT molecular complexity index is 1420. The molecule has 0 saturated heterocycles. The van der Waals surface area contributed by atoms with Gasteiger partial charge in [-0.2, -0.15) is 8.78 Å². The number of thioether (sulfide) groups is 1. The lowest BCUT2D eigenvalue weighted by atomic mass is 10.2. The summed E-state index contributed by atoms with van der Waals surface area (Å²) in [6, 6.07) is 7.40. The Kier molecular flexibility index (Phi) is 5.17. The zero-order chi connectivity index (χ0) is 22.2. The van der Waals surface area contributed by atoms with Crippen molar-refractivity contribution in [3.8, 4) is 11.5 Å². The van der Waals surface area contributed by atoms with Gasteiger partial charge in [0.05, 0.1) is 28.8 Å². The van der Waals surface area contributed by atoms with Crippen molar-refractivity contribution in [2.24, 2.45) is 0 Å². The van der Waals surface area contributed by atoms with Crippen LogP contribution in [0, 0.1) is 5.82 Å². The largest absolute Gasteiger partial charge is 0.415 e. The van der Waals surface area contributed by atoms with Crippen molar-refractivity contribution < 1.29 is 17.6 Å². The van der Waals surface area contributed by atoms with Gasteiger partial charge in [-0.25, -0.2) is 9.18 Å². The van der Waals surface area contributed by atoms with E-state index in [1.165, 1.54) is 22.9 Å². The van der Waals surface area contributed by atoms with Crippen LogP contribution in [-0.4, -0.2) is 30.1 Å². The zero-order valence-electron chi connectivity index (χ0n) is 16.3. The highest BCUT2D eigenvalue weighted by Crippen LogP contribution is 2.25.